The molecule has 0 aliphatic heterocycles. The number of amides is 1. The lowest BCUT2D eigenvalue weighted by atomic mass is 9.56. The van der Waals surface area contributed by atoms with Crippen LogP contribution < -0.4 is 5.73 Å². The van der Waals surface area contributed by atoms with Crippen LogP contribution in [0.3, 0.4) is 0 Å². The highest BCUT2D eigenvalue weighted by Gasteiger charge is 2.68. The number of likely N-dealkylation sites (N-methyl/N-ethyl adjacent to an activating group) is 1. The lowest BCUT2D eigenvalue weighted by Crippen LogP contribution is -2.68. The van der Waals surface area contributed by atoms with Crippen LogP contribution in [0.15, 0.2) is 47.4 Å². The molecule has 11 heteroatoms. The van der Waals surface area contributed by atoms with Crippen molar-refractivity contribution >= 4 is 23.0 Å². The molecule has 0 unspecified atom stereocenters. The predicted octanol–water partition coefficient (Wildman–Crippen LogP) is 0.928. The number of phenols is 1. The van der Waals surface area contributed by atoms with Gasteiger partial charge in [-0.25, -0.2) is 9.78 Å². The predicted molar refractivity (Wildman–Crippen MR) is 128 cm³/mol. The largest absolute Gasteiger partial charge is 0.510 e. The molecule has 5 rings (SSSR count). The smallest absolute Gasteiger partial charge is 0.255 e. The van der Waals surface area contributed by atoms with Gasteiger partial charge in [0, 0.05) is 5.92 Å². The molecular formula is C26H28N2O9. The number of aliphatic hydroxyl groups excluding tert-OH is 2. The molecule has 0 bridgehead atoms. The minimum absolute atomic E-state index is 0.161. The Kier molecular flexibility index (Phi) is 5.79. The number of benzene rings is 1. The molecule has 0 heterocycles. The van der Waals surface area contributed by atoms with Crippen molar-refractivity contribution in [2.75, 3.05) is 20.7 Å². The molecule has 0 saturated heterocycles. The van der Waals surface area contributed by atoms with Crippen molar-refractivity contribution in [3.8, 4) is 5.75 Å². The van der Waals surface area contributed by atoms with E-state index in [0.29, 0.717) is 5.56 Å². The lowest BCUT2D eigenvalue weighted by Gasteiger charge is -2.53. The number of nitrogens with zero attached hydrogens (tertiary/aromatic N) is 1. The maximum Gasteiger partial charge on any atom is 0.255 e. The van der Waals surface area contributed by atoms with Crippen molar-refractivity contribution in [1.29, 1.82) is 0 Å². The topological polar surface area (TPSA) is 180 Å². The first-order valence-corrected chi connectivity index (χ1v) is 11.9. The number of primary amides is 1. The van der Waals surface area contributed by atoms with Gasteiger partial charge >= 0.3 is 0 Å². The van der Waals surface area contributed by atoms with E-state index < -0.39 is 69.7 Å². The van der Waals surface area contributed by atoms with Crippen molar-refractivity contribution in [1.82, 2.24) is 4.90 Å². The van der Waals surface area contributed by atoms with E-state index in [9.17, 15) is 34.8 Å². The van der Waals surface area contributed by atoms with E-state index in [-0.39, 0.29) is 29.4 Å². The summed E-state index contributed by atoms with van der Waals surface area (Å²) in [6.07, 6.45) is 0.562. The van der Waals surface area contributed by atoms with Crippen LogP contribution in [0.25, 0.3) is 5.57 Å². The van der Waals surface area contributed by atoms with Gasteiger partial charge in [0.1, 0.15) is 28.9 Å². The van der Waals surface area contributed by atoms with Gasteiger partial charge in [0.2, 0.25) is 5.78 Å². The molecule has 1 saturated carbocycles. The third-order valence-electron chi connectivity index (χ3n) is 7.76. The lowest BCUT2D eigenvalue weighted by molar-refractivity contribution is -0.351. The molecule has 1 aromatic rings. The van der Waals surface area contributed by atoms with Crippen LogP contribution in [0.2, 0.25) is 0 Å². The summed E-state index contributed by atoms with van der Waals surface area (Å²) in [4.78, 5) is 52.2. The molecular weight excluding hydrogens is 484 g/mol. The van der Waals surface area contributed by atoms with Crippen molar-refractivity contribution in [3.63, 3.8) is 0 Å². The maximum atomic E-state index is 13.7. The van der Waals surface area contributed by atoms with E-state index in [1.54, 1.807) is 6.07 Å². The van der Waals surface area contributed by atoms with E-state index in [4.69, 9.17) is 15.5 Å². The summed E-state index contributed by atoms with van der Waals surface area (Å²) in [5.74, 6) is -7.93. The second kappa shape index (κ2) is 8.52. The Hall–Kier alpha value is -3.51. The van der Waals surface area contributed by atoms with Crippen molar-refractivity contribution in [2.45, 2.75) is 30.6 Å². The Labute approximate surface area is 212 Å². The first kappa shape index (κ1) is 25.2. The highest BCUT2D eigenvalue weighted by Crippen LogP contribution is 2.55. The maximum absolute atomic E-state index is 13.7. The highest BCUT2D eigenvalue weighted by molar-refractivity contribution is 6.25. The molecule has 5 atom stereocenters. The van der Waals surface area contributed by atoms with Gasteiger partial charge in [-0.15, -0.1) is 0 Å². The molecule has 37 heavy (non-hydrogen) atoms. The number of carbonyl (C=O) groups excluding carboxylic acids is 3. The molecule has 196 valence electrons. The standard InChI is InChI=1S/C26H28N2O9/c1-10-12-5-4-6-13(29)15(12)20(30)16-14(10)22(37-36-9-11-7-8-11)18-19(28(2)3)21(31)17(25(27)34)24(33)26(18,35)23(16)32/h4-6,11,14,18-19,22,29,31-32,35H,1,7-9H2,2-3H3,(H2,27,34)/t14-,18-,19+,22+,26+/m0/s1. The van der Waals surface area contributed by atoms with Gasteiger partial charge in [-0.1, -0.05) is 18.7 Å². The number of aromatic hydroxyl groups is 1. The van der Waals surface area contributed by atoms with E-state index in [1.165, 1.54) is 31.1 Å². The summed E-state index contributed by atoms with van der Waals surface area (Å²) in [5.41, 5.74) is 1.58. The quantitative estimate of drug-likeness (QED) is 0.209. The second-order valence-electron chi connectivity index (χ2n) is 10.2. The minimum atomic E-state index is -2.89. The summed E-state index contributed by atoms with van der Waals surface area (Å²) < 4.78 is 0. The molecule has 1 amide bonds. The number of hydrogen-bond donors (Lipinski definition) is 5. The van der Waals surface area contributed by atoms with Crippen LogP contribution in [0.4, 0.5) is 0 Å². The fraction of sp³-hybridized carbons (Fsp3) is 0.423. The van der Waals surface area contributed by atoms with Crippen molar-refractivity contribution in [3.05, 3.63) is 58.6 Å². The molecule has 0 aromatic heterocycles. The Morgan fingerprint density at radius 1 is 1.22 bits per heavy atom. The van der Waals surface area contributed by atoms with E-state index in [2.05, 4.69) is 6.58 Å². The molecule has 6 N–H and O–H groups in total. The molecule has 1 fully saturated rings. The molecule has 0 radical (unpaired) electrons. The van der Waals surface area contributed by atoms with Crippen LogP contribution in [-0.4, -0.2) is 81.2 Å². The summed E-state index contributed by atoms with van der Waals surface area (Å²) in [5, 5.41) is 44.8. The number of phenolic OH excluding ortho intramolecular Hbond substituents is 1. The van der Waals surface area contributed by atoms with Crippen molar-refractivity contribution in [2.24, 2.45) is 23.5 Å². The van der Waals surface area contributed by atoms with Gasteiger partial charge in [-0.3, -0.25) is 19.3 Å². The van der Waals surface area contributed by atoms with Crippen molar-refractivity contribution < 1.29 is 44.6 Å². The molecule has 4 aliphatic carbocycles. The first-order valence-electron chi connectivity index (χ1n) is 11.9. The number of nitrogens with two attached hydrogens (primary N) is 1. The zero-order valence-corrected chi connectivity index (χ0v) is 20.3. The third-order valence-corrected chi connectivity index (χ3v) is 7.76. The number of fused-ring (bicyclic) bond motifs is 3. The number of ketones is 2. The summed E-state index contributed by atoms with van der Waals surface area (Å²) in [6.45, 7) is 4.31. The highest BCUT2D eigenvalue weighted by atomic mass is 17.2. The monoisotopic (exact) mass is 512 g/mol. The van der Waals surface area contributed by atoms with Crippen LogP contribution in [-0.2, 0) is 19.4 Å². The molecule has 1 aromatic carbocycles. The number of carbonyl (C=O) groups is 3. The number of hydrogen-bond acceptors (Lipinski definition) is 10. The minimum Gasteiger partial charge on any atom is -0.510 e. The SMILES string of the molecule is C=C1c2cccc(O)c2C(=O)C2=C(O)[C@@]3(O)C(=O)C(C(N)=O)=C(O)[C@H](N(C)C)[C@H]3[C@H](OOCC3CC3)[C@@H]12. The van der Waals surface area contributed by atoms with Gasteiger partial charge in [0.05, 0.1) is 29.7 Å². The fourth-order valence-electron chi connectivity index (χ4n) is 5.80. The zero-order valence-electron chi connectivity index (χ0n) is 20.3. The van der Waals surface area contributed by atoms with Gasteiger partial charge in [0.15, 0.2) is 11.4 Å². The Morgan fingerprint density at radius 2 is 1.89 bits per heavy atom. The summed E-state index contributed by atoms with van der Waals surface area (Å²) in [6, 6.07) is 3.14. The van der Waals surface area contributed by atoms with Gasteiger partial charge in [-0.2, -0.15) is 0 Å². The second-order valence-corrected chi connectivity index (χ2v) is 10.2. The van der Waals surface area contributed by atoms with E-state index in [1.807, 2.05) is 0 Å². The van der Waals surface area contributed by atoms with Crippen LogP contribution in [0.1, 0.15) is 28.8 Å². The average Bonchev–Trinajstić information content (AvgIpc) is 3.64. The van der Waals surface area contributed by atoms with Gasteiger partial charge in [-0.05, 0) is 50.1 Å². The Morgan fingerprint density at radius 3 is 2.49 bits per heavy atom. The van der Waals surface area contributed by atoms with Crippen LogP contribution in [0, 0.1) is 17.8 Å². The summed E-state index contributed by atoms with van der Waals surface area (Å²) in [7, 11) is 3.06. The molecule has 0 spiro atoms. The molecule has 11 nitrogen and oxygen atoms in total. The number of Topliss-reactive ketones (excluding diaryl/α,β-unsaturated/α-hetero) is 2. The van der Waals surface area contributed by atoms with Gasteiger partial charge < -0.3 is 26.2 Å². The number of rotatable bonds is 6. The fourth-order valence-corrected chi connectivity index (χ4v) is 5.80. The Balaban J connectivity index is 1.78. The number of aliphatic hydroxyl groups is 3. The Bertz CT molecular complexity index is 1310. The summed E-state index contributed by atoms with van der Waals surface area (Å²) >= 11 is 0. The van der Waals surface area contributed by atoms with E-state index in [0.717, 1.165) is 12.8 Å². The third kappa shape index (κ3) is 3.46. The molecule has 4 aliphatic rings. The van der Waals surface area contributed by atoms with Gasteiger partial charge in [0.25, 0.3) is 5.91 Å². The van der Waals surface area contributed by atoms with E-state index >= 15 is 0 Å². The van der Waals surface area contributed by atoms with Crippen LogP contribution in [0.5, 0.6) is 5.75 Å². The first-order chi connectivity index (χ1) is 17.4. The zero-order chi connectivity index (χ0) is 27.0. The average molecular weight is 513 g/mol. The normalized spacial score (nSPS) is 31.4. The van der Waals surface area contributed by atoms with Crippen LogP contribution >= 0.6 is 0 Å².